The molecule has 1 fully saturated rings. The van der Waals surface area contributed by atoms with Crippen molar-refractivity contribution in [1.82, 2.24) is 0 Å². The Morgan fingerprint density at radius 1 is 1.35 bits per heavy atom. The van der Waals surface area contributed by atoms with Gasteiger partial charge in [-0.25, -0.2) is 0 Å². The summed E-state index contributed by atoms with van der Waals surface area (Å²) in [6, 6.07) is 10.1. The Labute approximate surface area is 137 Å². The highest BCUT2D eigenvalue weighted by molar-refractivity contribution is 5.68. The van der Waals surface area contributed by atoms with Crippen LogP contribution in [0.1, 0.15) is 38.2 Å². The van der Waals surface area contributed by atoms with Crippen LogP contribution in [0.3, 0.4) is 0 Å². The van der Waals surface area contributed by atoms with E-state index < -0.39 is 0 Å². The number of rotatable bonds is 9. The van der Waals surface area contributed by atoms with E-state index in [0.29, 0.717) is 39.1 Å². The molecule has 0 spiro atoms. The van der Waals surface area contributed by atoms with Gasteiger partial charge in [0, 0.05) is 19.4 Å². The maximum absolute atomic E-state index is 11.1. The van der Waals surface area contributed by atoms with Gasteiger partial charge in [-0.15, -0.1) is 0 Å². The van der Waals surface area contributed by atoms with Crippen LogP contribution >= 0.6 is 0 Å². The molecule has 0 aliphatic carbocycles. The first-order chi connectivity index (χ1) is 11.1. The highest BCUT2D eigenvalue weighted by Crippen LogP contribution is 2.28. The van der Waals surface area contributed by atoms with Gasteiger partial charge < -0.3 is 18.9 Å². The maximum atomic E-state index is 11.1. The van der Waals surface area contributed by atoms with Crippen LogP contribution in [-0.4, -0.2) is 38.2 Å². The second kappa shape index (κ2) is 9.01. The number of hydrogen-bond donors (Lipinski definition) is 0. The first-order valence-corrected chi connectivity index (χ1v) is 8.09. The van der Waals surface area contributed by atoms with Crippen molar-refractivity contribution in [1.29, 1.82) is 0 Å². The Morgan fingerprint density at radius 2 is 2.13 bits per heavy atom. The second-order valence-corrected chi connectivity index (χ2v) is 6.06. The lowest BCUT2D eigenvalue weighted by Gasteiger charge is -2.22. The minimum atomic E-state index is -0.313. The van der Waals surface area contributed by atoms with Gasteiger partial charge >= 0.3 is 5.97 Å². The normalized spacial score (nSPS) is 23.8. The third kappa shape index (κ3) is 6.29. The van der Waals surface area contributed by atoms with Crippen LogP contribution in [0.15, 0.2) is 30.3 Å². The molecule has 2 unspecified atom stereocenters. The van der Waals surface area contributed by atoms with Gasteiger partial charge in [0.1, 0.15) is 0 Å². The number of esters is 1. The third-order valence-electron chi connectivity index (χ3n) is 3.93. The number of carbonyl (C=O) groups excluding carboxylic acids is 1. The van der Waals surface area contributed by atoms with E-state index in [1.807, 2.05) is 37.3 Å². The lowest BCUT2D eigenvalue weighted by molar-refractivity contribution is -0.141. The lowest BCUT2D eigenvalue weighted by atomic mass is 10.1. The molecule has 128 valence electrons. The largest absolute Gasteiger partial charge is 0.469 e. The summed E-state index contributed by atoms with van der Waals surface area (Å²) in [4.78, 5) is 11.1. The fourth-order valence-electron chi connectivity index (χ4n) is 2.50. The topological polar surface area (TPSA) is 54.0 Å². The number of carbonyl (C=O) groups is 1. The summed E-state index contributed by atoms with van der Waals surface area (Å²) >= 11 is 0. The summed E-state index contributed by atoms with van der Waals surface area (Å²) in [6.45, 7) is 3.84. The van der Waals surface area contributed by atoms with Crippen molar-refractivity contribution in [2.75, 3.05) is 20.3 Å². The van der Waals surface area contributed by atoms with Gasteiger partial charge in [0.05, 0.1) is 25.9 Å². The summed E-state index contributed by atoms with van der Waals surface area (Å²) in [5.74, 6) is -0.194. The van der Waals surface area contributed by atoms with Crippen LogP contribution in [0, 0.1) is 0 Å². The second-order valence-electron chi connectivity index (χ2n) is 6.06. The van der Waals surface area contributed by atoms with Gasteiger partial charge in [-0.05, 0) is 25.3 Å². The molecule has 5 heteroatoms. The van der Waals surface area contributed by atoms with Crippen LogP contribution < -0.4 is 0 Å². The fraction of sp³-hybridized carbons (Fsp3) is 0.611. The van der Waals surface area contributed by atoms with Crippen molar-refractivity contribution < 1.29 is 23.7 Å². The zero-order valence-corrected chi connectivity index (χ0v) is 14.0. The first kappa shape index (κ1) is 17.9. The van der Waals surface area contributed by atoms with Gasteiger partial charge in [0.2, 0.25) is 0 Å². The van der Waals surface area contributed by atoms with Gasteiger partial charge in [-0.1, -0.05) is 30.3 Å². The molecular weight excluding hydrogens is 296 g/mol. The molecule has 1 aliphatic rings. The van der Waals surface area contributed by atoms with E-state index in [-0.39, 0.29) is 17.9 Å². The van der Waals surface area contributed by atoms with E-state index in [9.17, 15) is 4.79 Å². The molecule has 0 aromatic heterocycles. The minimum Gasteiger partial charge on any atom is -0.469 e. The Bertz CT molecular complexity index is 476. The van der Waals surface area contributed by atoms with Gasteiger partial charge in [-0.2, -0.15) is 0 Å². The lowest BCUT2D eigenvalue weighted by Crippen LogP contribution is -2.29. The molecule has 1 aliphatic heterocycles. The molecule has 2 rings (SSSR count). The van der Waals surface area contributed by atoms with Gasteiger partial charge in [0.25, 0.3) is 0 Å². The Hall–Kier alpha value is -1.43. The Balaban J connectivity index is 1.61. The molecule has 1 saturated heterocycles. The predicted molar refractivity (Wildman–Crippen MR) is 85.8 cm³/mol. The summed E-state index contributed by atoms with van der Waals surface area (Å²) in [6.07, 6.45) is 2.36. The smallest absolute Gasteiger partial charge is 0.305 e. The number of hydrogen-bond acceptors (Lipinski definition) is 5. The number of methoxy groups -OCH3 is 1. The van der Waals surface area contributed by atoms with Crippen LogP contribution in [0.25, 0.3) is 0 Å². The molecule has 0 saturated carbocycles. The van der Waals surface area contributed by atoms with Crippen molar-refractivity contribution in [2.24, 2.45) is 0 Å². The standard InChI is InChI=1S/C18H26O5/c1-18(11-12-21-13-15-7-4-3-5-8-15)14-22-17(23-18)10-6-9-16(19)20-2/h3-5,7-8,17H,6,9-14H2,1-2H3. The van der Waals surface area contributed by atoms with Crippen molar-refractivity contribution in [3.05, 3.63) is 35.9 Å². The zero-order valence-electron chi connectivity index (χ0n) is 14.0. The molecule has 0 amide bonds. The van der Waals surface area contributed by atoms with Gasteiger partial charge in [-0.3, -0.25) is 4.79 Å². The number of ether oxygens (including phenoxy) is 4. The van der Waals surface area contributed by atoms with E-state index in [0.717, 1.165) is 6.42 Å². The maximum Gasteiger partial charge on any atom is 0.305 e. The van der Waals surface area contributed by atoms with Crippen LogP contribution in [0.4, 0.5) is 0 Å². The molecule has 1 aromatic carbocycles. The summed E-state index contributed by atoms with van der Waals surface area (Å²) in [5.41, 5.74) is 0.856. The van der Waals surface area contributed by atoms with Crippen molar-refractivity contribution >= 4 is 5.97 Å². The number of benzene rings is 1. The van der Waals surface area contributed by atoms with Crippen molar-refractivity contribution in [3.8, 4) is 0 Å². The first-order valence-electron chi connectivity index (χ1n) is 8.09. The SMILES string of the molecule is COC(=O)CCCC1OCC(C)(CCOCc2ccccc2)O1. The van der Waals surface area contributed by atoms with E-state index >= 15 is 0 Å². The highest BCUT2D eigenvalue weighted by Gasteiger charge is 2.36. The average Bonchev–Trinajstić information content (AvgIpc) is 2.94. The fourth-order valence-corrected chi connectivity index (χ4v) is 2.50. The minimum absolute atomic E-state index is 0.194. The Kier molecular flexibility index (Phi) is 7.02. The molecule has 1 aromatic rings. The monoisotopic (exact) mass is 322 g/mol. The highest BCUT2D eigenvalue weighted by atomic mass is 16.7. The molecule has 0 bridgehead atoms. The molecule has 0 N–H and O–H groups in total. The molecular formula is C18H26O5. The Morgan fingerprint density at radius 3 is 2.87 bits per heavy atom. The molecule has 2 atom stereocenters. The van der Waals surface area contributed by atoms with E-state index in [1.165, 1.54) is 12.7 Å². The zero-order chi connectivity index (χ0) is 16.5. The summed E-state index contributed by atoms with van der Waals surface area (Å²) < 4.78 is 22.0. The van der Waals surface area contributed by atoms with E-state index in [2.05, 4.69) is 4.74 Å². The van der Waals surface area contributed by atoms with E-state index in [1.54, 1.807) is 0 Å². The molecule has 0 radical (unpaired) electrons. The van der Waals surface area contributed by atoms with Crippen molar-refractivity contribution in [3.63, 3.8) is 0 Å². The molecule has 23 heavy (non-hydrogen) atoms. The molecule has 5 nitrogen and oxygen atoms in total. The average molecular weight is 322 g/mol. The van der Waals surface area contributed by atoms with Crippen LogP contribution in [-0.2, 0) is 30.3 Å². The van der Waals surface area contributed by atoms with Crippen LogP contribution in [0.2, 0.25) is 0 Å². The predicted octanol–water partition coefficient (Wildman–Crippen LogP) is 3.07. The van der Waals surface area contributed by atoms with Crippen LogP contribution in [0.5, 0.6) is 0 Å². The van der Waals surface area contributed by atoms with Crippen molar-refractivity contribution in [2.45, 2.75) is 51.1 Å². The van der Waals surface area contributed by atoms with E-state index in [4.69, 9.17) is 14.2 Å². The third-order valence-corrected chi connectivity index (χ3v) is 3.93. The summed E-state index contributed by atoms with van der Waals surface area (Å²) in [5, 5.41) is 0. The molecule has 1 heterocycles. The summed E-state index contributed by atoms with van der Waals surface area (Å²) in [7, 11) is 1.40. The quantitative estimate of drug-likeness (QED) is 0.516. The van der Waals surface area contributed by atoms with Gasteiger partial charge in [0.15, 0.2) is 6.29 Å².